The number of rotatable bonds is 0. The largest absolute Gasteiger partial charge is 0.124 e. The van der Waals surface area contributed by atoms with Gasteiger partial charge < -0.3 is 0 Å². The first-order valence-electron chi connectivity index (χ1n) is 0.811. The summed E-state index contributed by atoms with van der Waals surface area (Å²) in [5, 5.41) is 0. The maximum Gasteiger partial charge on any atom is 0.00735 e. The van der Waals surface area contributed by atoms with Crippen LogP contribution in [0.2, 0.25) is 0 Å². The molecule has 0 nitrogen and oxygen atoms in total. The maximum atomic E-state index is 4.95. The Hall–Kier alpha value is 0.220. The van der Waals surface area contributed by atoms with Crippen molar-refractivity contribution >= 4 is 20.1 Å². The van der Waals surface area contributed by atoms with E-state index in [4.69, 9.17) is 5.69 Å². The van der Waals surface area contributed by atoms with Gasteiger partial charge in [0.05, 0.1) is 0 Å². The lowest BCUT2D eigenvalue weighted by Gasteiger charge is -1.43. The van der Waals surface area contributed by atoms with Crippen molar-refractivity contribution in [2.45, 2.75) is 0 Å². The summed E-state index contributed by atoms with van der Waals surface area (Å²) >= 11 is 4.43. The number of hydrogen-bond acceptors (Lipinski definition) is 1. The first-order valence-corrected chi connectivity index (χ1v) is 3.43. The molecule has 0 rings (SSSR count). The average molecular weight is 92.2 g/mol. The van der Waals surface area contributed by atoms with Crippen molar-refractivity contribution < 1.29 is 0 Å². The zero-order chi connectivity index (χ0) is 3.58. The van der Waals surface area contributed by atoms with Gasteiger partial charge >= 0.3 is 0 Å². The standard InChI is InChI=1S/C2H4S2/c1-4(2)3/h1H,2H3. The van der Waals surface area contributed by atoms with E-state index in [0.717, 1.165) is 0 Å². The van der Waals surface area contributed by atoms with Crippen LogP contribution in [0.3, 0.4) is 0 Å². The lowest BCUT2D eigenvalue weighted by molar-refractivity contribution is 2.53. The molecule has 0 amide bonds. The van der Waals surface area contributed by atoms with Crippen LogP contribution >= 0.6 is 0 Å². The van der Waals surface area contributed by atoms with Crippen LogP contribution in [0.4, 0.5) is 0 Å². The molecule has 0 fully saturated rings. The molecule has 0 unspecified atom stereocenters. The van der Waals surface area contributed by atoms with Crippen molar-refractivity contribution in [3.63, 3.8) is 0 Å². The van der Waals surface area contributed by atoms with Crippen LogP contribution in [-0.4, -0.2) is 6.26 Å². The van der Waals surface area contributed by atoms with Crippen molar-refractivity contribution in [3.8, 4) is 5.69 Å². The molecule has 0 aliphatic heterocycles. The number of hydrogen-bond donors (Lipinski definition) is 0. The van der Waals surface area contributed by atoms with Crippen molar-refractivity contribution in [1.82, 2.24) is 0 Å². The molecule has 0 saturated heterocycles. The fourth-order valence-corrected chi connectivity index (χ4v) is 0. The summed E-state index contributed by atoms with van der Waals surface area (Å²) in [4.78, 5) is 0. The fraction of sp³-hybridized carbons (Fsp3) is 0.500. The van der Waals surface area contributed by atoms with Crippen LogP contribution in [0.1, 0.15) is 0 Å². The molecule has 0 radical (unpaired) electrons. The summed E-state index contributed by atoms with van der Waals surface area (Å²) in [5.41, 5.74) is 4.95. The quantitative estimate of drug-likeness (QED) is 0.414. The van der Waals surface area contributed by atoms with Gasteiger partial charge in [0.2, 0.25) is 0 Å². The molecule has 0 heterocycles. The van der Waals surface area contributed by atoms with Gasteiger partial charge in [-0.05, 0) is 11.2 Å². The lowest BCUT2D eigenvalue weighted by atomic mass is 11.9. The van der Waals surface area contributed by atoms with Crippen LogP contribution in [-0.2, 0) is 20.1 Å². The fourth-order valence-electron chi connectivity index (χ4n) is 0. The molecule has 0 spiro atoms. The zero-order valence-electron chi connectivity index (χ0n) is 2.39. The second-order valence-corrected chi connectivity index (χ2v) is 3.07. The van der Waals surface area contributed by atoms with E-state index >= 15 is 0 Å². The zero-order valence-corrected chi connectivity index (χ0v) is 4.03. The van der Waals surface area contributed by atoms with Crippen molar-refractivity contribution in [1.29, 1.82) is 0 Å². The van der Waals surface area contributed by atoms with E-state index < -0.39 is 0 Å². The van der Waals surface area contributed by atoms with Crippen LogP contribution < -0.4 is 0 Å². The smallest absolute Gasteiger partial charge is 0.00735 e. The SMILES string of the molecule is C#S(C)=S. The molecule has 4 heavy (non-hydrogen) atoms. The average Bonchev–Trinajstić information content (AvgIpc) is 0.811. The predicted molar refractivity (Wildman–Crippen MR) is 25.6 cm³/mol. The Labute approximate surface area is 32.6 Å². The van der Waals surface area contributed by atoms with Gasteiger partial charge in [0.1, 0.15) is 0 Å². The van der Waals surface area contributed by atoms with Crippen molar-refractivity contribution in [3.05, 3.63) is 0 Å². The minimum atomic E-state index is -0.278. The van der Waals surface area contributed by atoms with Gasteiger partial charge in [-0.3, -0.25) is 0 Å². The van der Waals surface area contributed by atoms with E-state index in [9.17, 15) is 0 Å². The van der Waals surface area contributed by atoms with Crippen molar-refractivity contribution in [2.75, 3.05) is 6.26 Å². The highest BCUT2D eigenvalue weighted by atomic mass is 32.8. The van der Waals surface area contributed by atoms with Gasteiger partial charge in [-0.2, -0.15) is 0 Å². The third kappa shape index (κ3) is 68.3. The first kappa shape index (κ1) is 4.22. The molecule has 0 aromatic rings. The Morgan fingerprint density at radius 3 is 2.00 bits per heavy atom. The first-order chi connectivity index (χ1) is 1.73. The minimum Gasteiger partial charge on any atom is -0.124 e. The molecule has 0 aromatic carbocycles. The van der Waals surface area contributed by atoms with E-state index in [1.807, 2.05) is 0 Å². The summed E-state index contributed by atoms with van der Waals surface area (Å²) < 4.78 is 0. The third-order valence-corrected chi connectivity index (χ3v) is 0. The van der Waals surface area contributed by atoms with E-state index in [0.29, 0.717) is 0 Å². The summed E-state index contributed by atoms with van der Waals surface area (Å²) in [6, 6.07) is 0. The summed E-state index contributed by atoms with van der Waals surface area (Å²) in [6.07, 6.45) is 1.79. The molecule has 2 heteroatoms. The Balaban J connectivity index is 3.85. The molecule has 24 valence electrons. The second-order valence-electron chi connectivity index (χ2n) is 0.499. The van der Waals surface area contributed by atoms with Gasteiger partial charge in [0.25, 0.3) is 0 Å². The molecular weight excluding hydrogens is 88.2 g/mol. The van der Waals surface area contributed by atoms with Gasteiger partial charge in [0.15, 0.2) is 0 Å². The van der Waals surface area contributed by atoms with E-state index in [2.05, 4.69) is 11.2 Å². The molecule has 0 aliphatic rings. The summed E-state index contributed by atoms with van der Waals surface area (Å²) in [7, 11) is -0.278. The third-order valence-electron chi connectivity index (χ3n) is 0. The lowest BCUT2D eigenvalue weighted by Crippen LogP contribution is -1.42. The van der Waals surface area contributed by atoms with E-state index in [-0.39, 0.29) is 8.86 Å². The summed E-state index contributed by atoms with van der Waals surface area (Å²) in [5.74, 6) is 0. The highest BCUT2D eigenvalue weighted by Gasteiger charge is 1.28. The van der Waals surface area contributed by atoms with Gasteiger partial charge in [-0.15, -0.1) is 14.5 Å². The Bertz CT molecular complexity index is 94.2. The Morgan fingerprint density at radius 1 is 2.00 bits per heavy atom. The topological polar surface area (TPSA) is 0 Å². The van der Waals surface area contributed by atoms with E-state index in [1.165, 1.54) is 0 Å². The van der Waals surface area contributed by atoms with Crippen LogP contribution in [0, 0.1) is 5.69 Å². The molecule has 0 bridgehead atoms. The Morgan fingerprint density at radius 2 is 2.00 bits per heavy atom. The van der Waals surface area contributed by atoms with Crippen LogP contribution in [0.15, 0.2) is 0 Å². The molecule has 0 atom stereocenters. The molecule has 0 aliphatic carbocycles. The molecule has 0 N–H and O–H groups in total. The van der Waals surface area contributed by atoms with Gasteiger partial charge in [0, 0.05) is 6.26 Å². The molecule has 0 aromatic heterocycles. The monoisotopic (exact) mass is 92.0 g/mol. The van der Waals surface area contributed by atoms with Crippen LogP contribution in [0.5, 0.6) is 0 Å². The second kappa shape index (κ2) is 1.53. The van der Waals surface area contributed by atoms with Gasteiger partial charge in [-0.1, -0.05) is 0 Å². The molecule has 0 saturated carbocycles. The highest BCUT2D eigenvalue weighted by Crippen LogP contribution is 1.30. The van der Waals surface area contributed by atoms with Gasteiger partial charge in [-0.25, -0.2) is 0 Å². The van der Waals surface area contributed by atoms with Crippen molar-refractivity contribution in [2.24, 2.45) is 0 Å². The highest BCUT2D eigenvalue weighted by molar-refractivity contribution is 8.21. The normalized spacial score (nSPS) is 6.00. The Kier molecular flexibility index (Phi) is 1.61. The van der Waals surface area contributed by atoms with Crippen LogP contribution in [0.25, 0.3) is 0 Å². The molecular formula is C2H4S2. The van der Waals surface area contributed by atoms with E-state index in [1.54, 1.807) is 6.26 Å². The minimum absolute atomic E-state index is 0.278. The predicted octanol–water partition coefficient (Wildman–Crippen LogP) is 0.285. The maximum absolute atomic E-state index is 4.95. The summed E-state index contributed by atoms with van der Waals surface area (Å²) in [6.45, 7) is 0.